The van der Waals surface area contributed by atoms with Gasteiger partial charge in [-0.05, 0) is 36.5 Å². The first-order chi connectivity index (χ1) is 7.39. The summed E-state index contributed by atoms with van der Waals surface area (Å²) in [5.74, 6) is 0.396. The number of nitrogens with two attached hydrogens (primary N) is 1. The van der Waals surface area contributed by atoms with Gasteiger partial charge in [-0.2, -0.15) is 13.2 Å². The minimum atomic E-state index is -4.40. The van der Waals surface area contributed by atoms with Gasteiger partial charge in [0.15, 0.2) is 0 Å². The molecule has 2 N–H and O–H groups in total. The molecule has 0 spiro atoms. The van der Waals surface area contributed by atoms with Crippen molar-refractivity contribution in [1.29, 1.82) is 0 Å². The largest absolute Gasteiger partial charge is 0.417 e. The molecule has 1 aromatic carbocycles. The Morgan fingerprint density at radius 3 is 2.38 bits per heavy atom. The first kappa shape index (κ1) is 11.7. The van der Waals surface area contributed by atoms with Crippen molar-refractivity contribution < 1.29 is 13.2 Å². The maximum Gasteiger partial charge on any atom is 0.417 e. The molecule has 1 aliphatic carbocycles. The number of benzene rings is 1. The second-order valence-electron chi connectivity index (χ2n) is 4.10. The molecule has 0 radical (unpaired) electrons. The summed E-state index contributed by atoms with van der Waals surface area (Å²) in [4.78, 5) is 0. The molecule has 0 heterocycles. The van der Waals surface area contributed by atoms with Gasteiger partial charge in [0.1, 0.15) is 0 Å². The Morgan fingerprint density at radius 1 is 1.31 bits per heavy atom. The monoisotopic (exact) mass is 249 g/mol. The minimum Gasteiger partial charge on any atom is -0.324 e. The minimum absolute atomic E-state index is 0.195. The predicted octanol–water partition coefficient (Wildman–Crippen LogP) is 3.77. The van der Waals surface area contributed by atoms with Crippen molar-refractivity contribution >= 4 is 11.6 Å². The fourth-order valence-electron chi connectivity index (χ4n) is 1.70. The van der Waals surface area contributed by atoms with Crippen molar-refractivity contribution in [2.45, 2.75) is 25.1 Å². The molecule has 0 bridgehead atoms. The van der Waals surface area contributed by atoms with E-state index in [1.165, 1.54) is 12.1 Å². The van der Waals surface area contributed by atoms with Crippen molar-refractivity contribution in [2.75, 3.05) is 0 Å². The fraction of sp³-hybridized carbons (Fsp3) is 0.455. The van der Waals surface area contributed by atoms with Gasteiger partial charge in [0.05, 0.1) is 10.6 Å². The Labute approximate surface area is 96.4 Å². The number of rotatable bonds is 2. The lowest BCUT2D eigenvalue weighted by molar-refractivity contribution is -0.137. The van der Waals surface area contributed by atoms with E-state index in [-0.39, 0.29) is 11.1 Å². The maximum absolute atomic E-state index is 12.4. The zero-order chi connectivity index (χ0) is 11.9. The van der Waals surface area contributed by atoms with Crippen LogP contribution in [0.1, 0.15) is 30.0 Å². The van der Waals surface area contributed by atoms with Gasteiger partial charge < -0.3 is 5.73 Å². The molecule has 88 valence electrons. The van der Waals surface area contributed by atoms with E-state index in [0.717, 1.165) is 18.9 Å². The van der Waals surface area contributed by atoms with Gasteiger partial charge in [0, 0.05) is 6.04 Å². The van der Waals surface area contributed by atoms with E-state index in [2.05, 4.69) is 0 Å². The summed E-state index contributed by atoms with van der Waals surface area (Å²) in [5.41, 5.74) is 5.76. The molecule has 1 aromatic rings. The molecule has 16 heavy (non-hydrogen) atoms. The second kappa shape index (κ2) is 3.93. The van der Waals surface area contributed by atoms with Crippen LogP contribution in [-0.4, -0.2) is 0 Å². The third kappa shape index (κ3) is 2.33. The fourth-order valence-corrected chi connectivity index (χ4v) is 1.99. The van der Waals surface area contributed by atoms with Crippen LogP contribution in [0, 0.1) is 5.92 Å². The van der Waals surface area contributed by atoms with Gasteiger partial charge in [-0.3, -0.25) is 0 Å². The molecule has 0 amide bonds. The van der Waals surface area contributed by atoms with E-state index in [1.54, 1.807) is 0 Å². The standard InChI is InChI=1S/C11H11ClF3N/c12-9-5-7(10(16)6-1-2-6)3-4-8(9)11(13,14)15/h3-6,10H,1-2,16H2/t10-/m1/s1. The molecule has 0 unspecified atom stereocenters. The number of halogens is 4. The first-order valence-electron chi connectivity index (χ1n) is 5.02. The SMILES string of the molecule is N[C@@H](c1ccc(C(F)(F)F)c(Cl)c1)C1CC1. The van der Waals surface area contributed by atoms with Crippen LogP contribution in [0.5, 0.6) is 0 Å². The van der Waals surface area contributed by atoms with Gasteiger partial charge in [-0.1, -0.05) is 17.7 Å². The highest BCUT2D eigenvalue weighted by Gasteiger charge is 2.34. The lowest BCUT2D eigenvalue weighted by atomic mass is 10.0. The summed E-state index contributed by atoms with van der Waals surface area (Å²) in [6.45, 7) is 0. The average Bonchev–Trinajstić information content (AvgIpc) is 2.97. The third-order valence-electron chi connectivity index (χ3n) is 2.81. The molecule has 1 aliphatic rings. The summed E-state index contributed by atoms with van der Waals surface area (Å²) in [7, 11) is 0. The van der Waals surface area contributed by atoms with Gasteiger partial charge in [-0.15, -0.1) is 0 Å². The summed E-state index contributed by atoms with van der Waals surface area (Å²) in [6, 6.07) is 3.55. The van der Waals surface area contributed by atoms with Crippen molar-refractivity contribution in [2.24, 2.45) is 11.7 Å². The zero-order valence-corrected chi connectivity index (χ0v) is 9.15. The van der Waals surface area contributed by atoms with Crippen molar-refractivity contribution in [3.05, 3.63) is 34.3 Å². The van der Waals surface area contributed by atoms with Crippen LogP contribution >= 0.6 is 11.6 Å². The summed E-state index contributed by atoms with van der Waals surface area (Å²) in [5, 5.41) is -0.277. The normalized spacial score (nSPS) is 18.6. The second-order valence-corrected chi connectivity index (χ2v) is 4.51. The Kier molecular flexibility index (Phi) is 2.88. The molecule has 1 saturated carbocycles. The number of alkyl halides is 3. The lowest BCUT2D eigenvalue weighted by Crippen LogP contribution is -2.13. The molecule has 2 rings (SSSR count). The van der Waals surface area contributed by atoms with Gasteiger partial charge in [0.2, 0.25) is 0 Å². The molecule has 5 heteroatoms. The van der Waals surface area contributed by atoms with Crippen molar-refractivity contribution in [3.8, 4) is 0 Å². The molecular formula is C11H11ClF3N. The summed E-state index contributed by atoms with van der Waals surface area (Å²) in [6.07, 6.45) is -2.32. The van der Waals surface area contributed by atoms with Crippen LogP contribution in [0.4, 0.5) is 13.2 Å². The van der Waals surface area contributed by atoms with Crippen LogP contribution < -0.4 is 5.73 Å². The van der Waals surface area contributed by atoms with E-state index in [4.69, 9.17) is 17.3 Å². The summed E-state index contributed by atoms with van der Waals surface area (Å²) >= 11 is 5.61. The van der Waals surface area contributed by atoms with Crippen LogP contribution in [-0.2, 0) is 6.18 Å². The zero-order valence-electron chi connectivity index (χ0n) is 8.39. The van der Waals surface area contributed by atoms with E-state index < -0.39 is 11.7 Å². The predicted molar refractivity (Wildman–Crippen MR) is 56.1 cm³/mol. The van der Waals surface area contributed by atoms with Crippen LogP contribution in [0.25, 0.3) is 0 Å². The van der Waals surface area contributed by atoms with Crippen LogP contribution in [0.2, 0.25) is 5.02 Å². The van der Waals surface area contributed by atoms with E-state index in [0.29, 0.717) is 11.5 Å². The molecule has 0 saturated heterocycles. The topological polar surface area (TPSA) is 26.0 Å². The Bertz CT molecular complexity index is 399. The van der Waals surface area contributed by atoms with Crippen molar-refractivity contribution in [1.82, 2.24) is 0 Å². The molecule has 0 aliphatic heterocycles. The summed E-state index contributed by atoms with van der Waals surface area (Å²) < 4.78 is 37.3. The highest BCUT2D eigenvalue weighted by atomic mass is 35.5. The van der Waals surface area contributed by atoms with Gasteiger partial charge in [0.25, 0.3) is 0 Å². The number of hydrogen-bond donors (Lipinski definition) is 1. The Hall–Kier alpha value is -0.740. The molecular weight excluding hydrogens is 239 g/mol. The third-order valence-corrected chi connectivity index (χ3v) is 3.13. The van der Waals surface area contributed by atoms with E-state index in [1.807, 2.05) is 0 Å². The van der Waals surface area contributed by atoms with Gasteiger partial charge >= 0.3 is 6.18 Å². The Morgan fingerprint density at radius 2 is 1.94 bits per heavy atom. The highest BCUT2D eigenvalue weighted by Crippen LogP contribution is 2.41. The first-order valence-corrected chi connectivity index (χ1v) is 5.39. The maximum atomic E-state index is 12.4. The highest BCUT2D eigenvalue weighted by molar-refractivity contribution is 6.31. The smallest absolute Gasteiger partial charge is 0.324 e. The van der Waals surface area contributed by atoms with E-state index in [9.17, 15) is 13.2 Å². The van der Waals surface area contributed by atoms with Gasteiger partial charge in [-0.25, -0.2) is 0 Å². The lowest BCUT2D eigenvalue weighted by Gasteiger charge is -2.14. The van der Waals surface area contributed by atoms with Crippen LogP contribution in [0.15, 0.2) is 18.2 Å². The number of hydrogen-bond acceptors (Lipinski definition) is 1. The molecule has 1 atom stereocenters. The average molecular weight is 250 g/mol. The quantitative estimate of drug-likeness (QED) is 0.848. The van der Waals surface area contributed by atoms with E-state index >= 15 is 0 Å². The Balaban J connectivity index is 2.28. The molecule has 1 nitrogen and oxygen atoms in total. The van der Waals surface area contributed by atoms with Crippen LogP contribution in [0.3, 0.4) is 0 Å². The molecule has 1 fully saturated rings. The van der Waals surface area contributed by atoms with Crippen molar-refractivity contribution in [3.63, 3.8) is 0 Å². The molecule has 0 aromatic heterocycles.